The summed E-state index contributed by atoms with van der Waals surface area (Å²) >= 11 is 11.8. The Kier molecular flexibility index (Phi) is 4.47. The molecule has 1 amide bonds. The highest BCUT2D eigenvalue weighted by molar-refractivity contribution is 6.33. The lowest BCUT2D eigenvalue weighted by molar-refractivity contribution is 0.0939. The summed E-state index contributed by atoms with van der Waals surface area (Å²) in [5, 5.41) is 3.73. The lowest BCUT2D eigenvalue weighted by atomic mass is 10.1. The van der Waals surface area contributed by atoms with Crippen LogP contribution in [0.1, 0.15) is 28.9 Å². The van der Waals surface area contributed by atoms with Crippen LogP contribution < -0.4 is 11.1 Å². The van der Waals surface area contributed by atoms with E-state index in [1.54, 1.807) is 12.1 Å². The predicted molar refractivity (Wildman–Crippen MR) is 81.0 cm³/mol. The highest BCUT2D eigenvalue weighted by atomic mass is 35.5. The molecule has 3 N–H and O–H groups in total. The normalized spacial score (nSPS) is 11.9. The van der Waals surface area contributed by atoms with Crippen molar-refractivity contribution < 1.29 is 4.79 Å². The Hall–Kier alpha value is -1.78. The van der Waals surface area contributed by atoms with Crippen molar-refractivity contribution in [2.75, 3.05) is 5.73 Å². The van der Waals surface area contributed by atoms with Gasteiger partial charge in [0.2, 0.25) is 0 Å². The molecule has 1 aromatic heterocycles. The Morgan fingerprint density at radius 3 is 2.75 bits per heavy atom. The number of aromatic nitrogens is 1. The molecule has 6 heteroatoms. The van der Waals surface area contributed by atoms with Gasteiger partial charge >= 0.3 is 0 Å². The van der Waals surface area contributed by atoms with Crippen molar-refractivity contribution in [2.45, 2.75) is 13.0 Å². The first-order valence-electron chi connectivity index (χ1n) is 5.94. The maximum absolute atomic E-state index is 12.1. The molecule has 20 heavy (non-hydrogen) atoms. The topological polar surface area (TPSA) is 68.0 Å². The van der Waals surface area contributed by atoms with E-state index in [0.717, 1.165) is 5.56 Å². The molecule has 0 fully saturated rings. The summed E-state index contributed by atoms with van der Waals surface area (Å²) in [6.07, 6.45) is 1.39. The molecule has 2 rings (SSSR count). The summed E-state index contributed by atoms with van der Waals surface area (Å²) in [5.74, 6) is -0.0713. The van der Waals surface area contributed by atoms with Crippen molar-refractivity contribution in [3.8, 4) is 0 Å². The van der Waals surface area contributed by atoms with Gasteiger partial charge in [-0.15, -0.1) is 0 Å². The van der Waals surface area contributed by atoms with E-state index in [2.05, 4.69) is 10.3 Å². The number of hydrogen-bond donors (Lipinski definition) is 2. The van der Waals surface area contributed by atoms with E-state index in [1.165, 1.54) is 12.3 Å². The van der Waals surface area contributed by atoms with Gasteiger partial charge in [0.1, 0.15) is 5.82 Å². The minimum atomic E-state index is -0.271. The van der Waals surface area contributed by atoms with Gasteiger partial charge < -0.3 is 11.1 Å². The SMILES string of the molecule is CC(NC(=O)c1cnc(N)c(Cl)c1)c1cccc(Cl)c1. The Balaban J connectivity index is 2.13. The van der Waals surface area contributed by atoms with E-state index >= 15 is 0 Å². The van der Waals surface area contributed by atoms with Crippen molar-refractivity contribution in [1.82, 2.24) is 10.3 Å². The smallest absolute Gasteiger partial charge is 0.253 e. The van der Waals surface area contributed by atoms with E-state index in [0.29, 0.717) is 10.6 Å². The summed E-state index contributed by atoms with van der Waals surface area (Å²) < 4.78 is 0. The van der Waals surface area contributed by atoms with Crippen LogP contribution in [0.2, 0.25) is 10.0 Å². The van der Waals surface area contributed by atoms with Crippen LogP contribution in [0.5, 0.6) is 0 Å². The number of nitrogens with two attached hydrogens (primary N) is 1. The number of hydrogen-bond acceptors (Lipinski definition) is 3. The van der Waals surface area contributed by atoms with E-state index < -0.39 is 0 Å². The molecular weight excluding hydrogens is 297 g/mol. The lowest BCUT2D eigenvalue weighted by Crippen LogP contribution is -2.26. The molecule has 1 aromatic carbocycles. The van der Waals surface area contributed by atoms with Crippen molar-refractivity contribution in [3.63, 3.8) is 0 Å². The standard InChI is InChI=1S/C14H13Cl2N3O/c1-8(9-3-2-4-11(15)5-9)19-14(20)10-6-12(16)13(17)18-7-10/h2-8H,1H3,(H2,17,18)(H,19,20). The monoisotopic (exact) mass is 309 g/mol. The predicted octanol–water partition coefficient (Wildman–Crippen LogP) is 3.46. The van der Waals surface area contributed by atoms with Crippen LogP contribution in [-0.4, -0.2) is 10.9 Å². The second-order valence-electron chi connectivity index (χ2n) is 4.34. The summed E-state index contributed by atoms with van der Waals surface area (Å²) in [6, 6.07) is 8.62. The second-order valence-corrected chi connectivity index (χ2v) is 5.18. The van der Waals surface area contributed by atoms with Crippen LogP contribution in [0.3, 0.4) is 0 Å². The van der Waals surface area contributed by atoms with Gasteiger partial charge in [-0.2, -0.15) is 0 Å². The van der Waals surface area contributed by atoms with E-state index in [1.807, 2.05) is 19.1 Å². The summed E-state index contributed by atoms with van der Waals surface area (Å²) in [7, 11) is 0. The van der Waals surface area contributed by atoms with Gasteiger partial charge in [0, 0.05) is 11.2 Å². The van der Waals surface area contributed by atoms with Crippen LogP contribution >= 0.6 is 23.2 Å². The van der Waals surface area contributed by atoms with Crippen molar-refractivity contribution >= 4 is 34.9 Å². The molecule has 0 bridgehead atoms. The minimum Gasteiger partial charge on any atom is -0.382 e. The van der Waals surface area contributed by atoms with Crippen LogP contribution in [0, 0.1) is 0 Å². The minimum absolute atomic E-state index is 0.183. The molecule has 0 radical (unpaired) electrons. The summed E-state index contributed by atoms with van der Waals surface area (Å²) in [4.78, 5) is 16.0. The first kappa shape index (κ1) is 14.6. The molecule has 4 nitrogen and oxygen atoms in total. The quantitative estimate of drug-likeness (QED) is 0.912. The molecule has 0 saturated heterocycles. The largest absolute Gasteiger partial charge is 0.382 e. The van der Waals surface area contributed by atoms with Gasteiger partial charge in [0.05, 0.1) is 16.6 Å². The highest BCUT2D eigenvalue weighted by Crippen LogP contribution is 2.19. The fraction of sp³-hybridized carbons (Fsp3) is 0.143. The zero-order chi connectivity index (χ0) is 14.7. The van der Waals surface area contributed by atoms with Crippen LogP contribution in [0.25, 0.3) is 0 Å². The van der Waals surface area contributed by atoms with Gasteiger partial charge in [-0.1, -0.05) is 35.3 Å². The summed E-state index contributed by atoms with van der Waals surface area (Å²) in [5.41, 5.74) is 6.78. The van der Waals surface area contributed by atoms with Crippen molar-refractivity contribution in [2.24, 2.45) is 0 Å². The average Bonchev–Trinajstić information content (AvgIpc) is 2.41. The van der Waals surface area contributed by atoms with Crippen molar-refractivity contribution in [3.05, 3.63) is 57.7 Å². The second kappa shape index (κ2) is 6.11. The maximum atomic E-state index is 12.1. The van der Waals surface area contributed by atoms with Gasteiger partial charge in [-0.05, 0) is 30.7 Å². The maximum Gasteiger partial charge on any atom is 0.253 e. The van der Waals surface area contributed by atoms with Crippen LogP contribution in [0.15, 0.2) is 36.5 Å². The van der Waals surface area contributed by atoms with E-state index in [-0.39, 0.29) is 22.8 Å². The number of nitrogen functional groups attached to an aromatic ring is 1. The number of amides is 1. The van der Waals surface area contributed by atoms with E-state index in [4.69, 9.17) is 28.9 Å². The average molecular weight is 310 g/mol. The number of carbonyl (C=O) groups excluding carboxylic acids is 1. The fourth-order valence-electron chi connectivity index (χ4n) is 1.71. The Bertz CT molecular complexity index is 646. The van der Waals surface area contributed by atoms with Gasteiger partial charge in [0.25, 0.3) is 5.91 Å². The van der Waals surface area contributed by atoms with E-state index in [9.17, 15) is 4.79 Å². The number of nitrogens with one attached hydrogen (secondary N) is 1. The zero-order valence-electron chi connectivity index (χ0n) is 10.7. The number of halogens is 2. The van der Waals surface area contributed by atoms with Crippen LogP contribution in [-0.2, 0) is 0 Å². The molecule has 1 unspecified atom stereocenters. The number of carbonyl (C=O) groups is 1. The zero-order valence-corrected chi connectivity index (χ0v) is 12.2. The Labute approximate surface area is 126 Å². The molecule has 0 saturated carbocycles. The third-order valence-electron chi connectivity index (χ3n) is 2.83. The molecule has 0 aliphatic heterocycles. The molecule has 104 valence electrons. The van der Waals surface area contributed by atoms with Gasteiger partial charge in [0.15, 0.2) is 0 Å². The third kappa shape index (κ3) is 3.40. The lowest BCUT2D eigenvalue weighted by Gasteiger charge is -2.14. The third-order valence-corrected chi connectivity index (χ3v) is 3.37. The first-order chi connectivity index (χ1) is 9.47. The molecule has 0 aliphatic carbocycles. The fourth-order valence-corrected chi connectivity index (χ4v) is 2.08. The molecule has 1 atom stereocenters. The summed E-state index contributed by atoms with van der Waals surface area (Å²) in [6.45, 7) is 1.87. The number of benzene rings is 1. The number of nitrogens with zero attached hydrogens (tertiary/aromatic N) is 1. The Morgan fingerprint density at radius 2 is 2.10 bits per heavy atom. The molecule has 2 aromatic rings. The number of pyridine rings is 1. The Morgan fingerprint density at radius 1 is 1.35 bits per heavy atom. The highest BCUT2D eigenvalue weighted by Gasteiger charge is 2.13. The van der Waals surface area contributed by atoms with Crippen molar-refractivity contribution in [1.29, 1.82) is 0 Å². The molecular formula is C14H13Cl2N3O. The molecule has 1 heterocycles. The molecule has 0 spiro atoms. The molecule has 0 aliphatic rings. The number of rotatable bonds is 3. The van der Waals surface area contributed by atoms with Gasteiger partial charge in [-0.3, -0.25) is 4.79 Å². The number of anilines is 1. The van der Waals surface area contributed by atoms with Crippen LogP contribution in [0.4, 0.5) is 5.82 Å². The van der Waals surface area contributed by atoms with Gasteiger partial charge in [-0.25, -0.2) is 4.98 Å². The first-order valence-corrected chi connectivity index (χ1v) is 6.70.